The Kier molecular flexibility index (Phi) is 4.84. The number of benzene rings is 1. The number of carbonyl (C=O) groups is 1. The molecule has 0 spiro atoms. The van der Waals surface area contributed by atoms with Gasteiger partial charge in [0, 0.05) is 12.6 Å². The summed E-state index contributed by atoms with van der Waals surface area (Å²) in [5.41, 5.74) is -2.52. The van der Waals surface area contributed by atoms with Gasteiger partial charge in [0.05, 0.1) is 23.8 Å². The van der Waals surface area contributed by atoms with Crippen molar-refractivity contribution >= 4 is 17.8 Å². The van der Waals surface area contributed by atoms with E-state index in [0.717, 1.165) is 22.9 Å². The largest absolute Gasteiger partial charge is 0.435 e. The van der Waals surface area contributed by atoms with Gasteiger partial charge >= 0.3 is 6.18 Å². The molecule has 0 unspecified atom stereocenters. The molecule has 0 radical (unpaired) electrons. The van der Waals surface area contributed by atoms with Gasteiger partial charge in [-0.1, -0.05) is 6.07 Å². The van der Waals surface area contributed by atoms with Crippen molar-refractivity contribution in [3.05, 3.63) is 59.8 Å². The fourth-order valence-electron chi connectivity index (χ4n) is 2.60. The van der Waals surface area contributed by atoms with Gasteiger partial charge in [0.1, 0.15) is 11.5 Å². The highest BCUT2D eigenvalue weighted by molar-refractivity contribution is 5.87. The van der Waals surface area contributed by atoms with Crippen LogP contribution in [0.1, 0.15) is 5.69 Å². The number of hydrogen-bond donors (Lipinski definition) is 0. The first-order chi connectivity index (χ1) is 13.1. The first-order valence-electron chi connectivity index (χ1n) is 7.58. The molecule has 0 aliphatic rings. The molecule has 146 valence electrons. The third kappa shape index (κ3) is 3.42. The van der Waals surface area contributed by atoms with E-state index in [0.29, 0.717) is 17.3 Å². The summed E-state index contributed by atoms with van der Waals surface area (Å²) in [6, 6.07) is 3.77. The van der Waals surface area contributed by atoms with Crippen LogP contribution in [0.25, 0.3) is 11.3 Å². The van der Waals surface area contributed by atoms with Crippen LogP contribution in [0.15, 0.2) is 36.7 Å². The van der Waals surface area contributed by atoms with Crippen LogP contribution in [0.4, 0.5) is 37.7 Å². The summed E-state index contributed by atoms with van der Waals surface area (Å²) in [6.45, 7) is 0. The Balaban J connectivity index is 2.06. The molecule has 5 nitrogen and oxygen atoms in total. The number of nitrogens with zero attached hydrogens (tertiary/aromatic N) is 4. The van der Waals surface area contributed by atoms with Gasteiger partial charge in [-0.25, -0.2) is 13.2 Å². The SMILES string of the molecule is Cn1nc(C(F)(F)F)cc1-c1ccc(N(C=O)c2c(F)cncc2F)c(F)c1. The van der Waals surface area contributed by atoms with Crippen molar-refractivity contribution < 1.29 is 31.1 Å². The number of alkyl halides is 3. The zero-order valence-corrected chi connectivity index (χ0v) is 14.0. The van der Waals surface area contributed by atoms with Gasteiger partial charge in [-0.2, -0.15) is 18.3 Å². The van der Waals surface area contributed by atoms with Gasteiger partial charge in [-0.3, -0.25) is 19.4 Å². The van der Waals surface area contributed by atoms with Gasteiger partial charge in [-0.15, -0.1) is 0 Å². The second kappa shape index (κ2) is 6.98. The molecule has 1 aromatic carbocycles. The predicted octanol–water partition coefficient (Wildman–Crippen LogP) is 4.21. The van der Waals surface area contributed by atoms with E-state index in [9.17, 15) is 31.1 Å². The number of anilines is 2. The van der Waals surface area contributed by atoms with E-state index in [4.69, 9.17) is 0 Å². The minimum atomic E-state index is -4.68. The Hall–Kier alpha value is -3.37. The lowest BCUT2D eigenvalue weighted by Gasteiger charge is -2.19. The molecule has 0 bridgehead atoms. The molecule has 0 atom stereocenters. The lowest BCUT2D eigenvalue weighted by atomic mass is 10.1. The third-order valence-electron chi connectivity index (χ3n) is 3.85. The smallest absolute Gasteiger partial charge is 0.278 e. The first kappa shape index (κ1) is 19.4. The topological polar surface area (TPSA) is 51.0 Å². The van der Waals surface area contributed by atoms with Gasteiger partial charge in [0.15, 0.2) is 17.3 Å². The predicted molar refractivity (Wildman–Crippen MR) is 86.0 cm³/mol. The van der Waals surface area contributed by atoms with Crippen molar-refractivity contribution in [3.63, 3.8) is 0 Å². The van der Waals surface area contributed by atoms with Gasteiger partial charge in [0.2, 0.25) is 6.41 Å². The number of rotatable bonds is 4. The van der Waals surface area contributed by atoms with Crippen LogP contribution in [-0.4, -0.2) is 21.2 Å². The second-order valence-electron chi connectivity index (χ2n) is 5.63. The summed E-state index contributed by atoms with van der Waals surface area (Å²) in [5, 5.41) is 3.33. The Bertz CT molecular complexity index is 1030. The summed E-state index contributed by atoms with van der Waals surface area (Å²) >= 11 is 0. The number of halogens is 6. The molecule has 3 rings (SSSR count). The number of aryl methyl sites for hydroxylation is 1. The van der Waals surface area contributed by atoms with E-state index in [-0.39, 0.29) is 17.7 Å². The first-order valence-corrected chi connectivity index (χ1v) is 7.58. The minimum Gasteiger partial charge on any atom is -0.278 e. The van der Waals surface area contributed by atoms with Crippen molar-refractivity contribution in [2.75, 3.05) is 4.90 Å². The molecule has 0 aliphatic carbocycles. The minimum absolute atomic E-state index is 0.00537. The van der Waals surface area contributed by atoms with E-state index in [1.165, 1.54) is 13.1 Å². The number of amides is 1. The molecule has 2 aromatic heterocycles. The molecule has 3 aromatic rings. The zero-order chi connectivity index (χ0) is 20.6. The monoisotopic (exact) mass is 400 g/mol. The van der Waals surface area contributed by atoms with Crippen LogP contribution < -0.4 is 4.90 Å². The third-order valence-corrected chi connectivity index (χ3v) is 3.85. The van der Waals surface area contributed by atoms with E-state index < -0.39 is 40.7 Å². The lowest BCUT2D eigenvalue weighted by molar-refractivity contribution is -0.141. The quantitative estimate of drug-likeness (QED) is 0.487. The zero-order valence-electron chi connectivity index (χ0n) is 14.0. The van der Waals surface area contributed by atoms with Crippen LogP contribution in [0.2, 0.25) is 0 Å². The molecule has 0 saturated carbocycles. The average Bonchev–Trinajstić information content (AvgIpc) is 3.01. The van der Waals surface area contributed by atoms with Crippen molar-refractivity contribution in [3.8, 4) is 11.3 Å². The number of pyridine rings is 1. The van der Waals surface area contributed by atoms with Crippen LogP contribution in [-0.2, 0) is 18.0 Å². The molecule has 0 saturated heterocycles. The second-order valence-corrected chi connectivity index (χ2v) is 5.63. The van der Waals surface area contributed by atoms with Crippen molar-refractivity contribution in [2.24, 2.45) is 7.05 Å². The molecule has 0 fully saturated rings. The van der Waals surface area contributed by atoms with Gasteiger partial charge in [0.25, 0.3) is 0 Å². The van der Waals surface area contributed by atoms with Crippen LogP contribution in [0.5, 0.6) is 0 Å². The van der Waals surface area contributed by atoms with Crippen LogP contribution in [0, 0.1) is 17.5 Å². The fraction of sp³-hybridized carbons (Fsp3) is 0.118. The summed E-state index contributed by atoms with van der Waals surface area (Å²) < 4.78 is 81.6. The van der Waals surface area contributed by atoms with Crippen molar-refractivity contribution in [1.29, 1.82) is 0 Å². The highest BCUT2D eigenvalue weighted by Crippen LogP contribution is 2.35. The number of aromatic nitrogens is 3. The molecule has 0 aliphatic heterocycles. The molecular weight excluding hydrogens is 390 g/mol. The fourth-order valence-corrected chi connectivity index (χ4v) is 2.60. The maximum atomic E-state index is 14.6. The standard InChI is InChI=1S/C17H10F6N4O/c1-26-14(5-15(25-26)17(21,22)23)9-2-3-13(10(18)4-9)27(8-28)16-11(19)6-24-7-12(16)20/h2-8H,1H3. The van der Waals surface area contributed by atoms with E-state index in [1.807, 2.05) is 0 Å². The van der Waals surface area contributed by atoms with Crippen molar-refractivity contribution in [1.82, 2.24) is 14.8 Å². The normalized spacial score (nSPS) is 11.5. The van der Waals surface area contributed by atoms with E-state index in [2.05, 4.69) is 10.1 Å². The van der Waals surface area contributed by atoms with E-state index >= 15 is 0 Å². The summed E-state index contributed by atoms with van der Waals surface area (Å²) in [4.78, 5) is 15.0. The van der Waals surface area contributed by atoms with Crippen LogP contribution in [0.3, 0.4) is 0 Å². The summed E-state index contributed by atoms with van der Waals surface area (Å²) in [5.74, 6) is -3.48. The molecule has 11 heteroatoms. The number of hydrogen-bond acceptors (Lipinski definition) is 3. The highest BCUT2D eigenvalue weighted by atomic mass is 19.4. The van der Waals surface area contributed by atoms with Crippen molar-refractivity contribution in [2.45, 2.75) is 6.18 Å². The Morgan fingerprint density at radius 1 is 1.04 bits per heavy atom. The summed E-state index contributed by atoms with van der Waals surface area (Å²) in [7, 11) is 1.25. The average molecular weight is 400 g/mol. The van der Waals surface area contributed by atoms with Crippen LogP contribution >= 0.6 is 0 Å². The molecule has 0 N–H and O–H groups in total. The van der Waals surface area contributed by atoms with Gasteiger partial charge in [-0.05, 0) is 18.2 Å². The summed E-state index contributed by atoms with van der Waals surface area (Å²) in [6.07, 6.45) is -3.38. The lowest BCUT2D eigenvalue weighted by Crippen LogP contribution is -2.19. The molecule has 28 heavy (non-hydrogen) atoms. The number of carbonyl (C=O) groups excluding carboxylic acids is 1. The molecular formula is C17H10F6N4O. The maximum Gasteiger partial charge on any atom is 0.435 e. The Labute approximate surface area is 153 Å². The highest BCUT2D eigenvalue weighted by Gasteiger charge is 2.34. The Morgan fingerprint density at radius 3 is 2.18 bits per heavy atom. The van der Waals surface area contributed by atoms with Gasteiger partial charge < -0.3 is 0 Å². The Morgan fingerprint density at radius 2 is 1.68 bits per heavy atom. The van der Waals surface area contributed by atoms with E-state index in [1.54, 1.807) is 0 Å². The molecule has 1 amide bonds. The maximum absolute atomic E-state index is 14.6. The molecule has 2 heterocycles.